The van der Waals surface area contributed by atoms with Crippen LogP contribution in [0.4, 0.5) is 33.0 Å². The van der Waals surface area contributed by atoms with Gasteiger partial charge in [-0.15, -0.1) is 20.5 Å². The van der Waals surface area contributed by atoms with Crippen molar-refractivity contribution in [2.45, 2.75) is 27.7 Å². The van der Waals surface area contributed by atoms with Crippen LogP contribution in [-0.2, 0) is 9.59 Å². The number of phenolic OH excluding ortho intramolecular Hbond substituents is 2. The second kappa shape index (κ2) is 13.9. The molecule has 0 bridgehead atoms. The Morgan fingerprint density at radius 2 is 1.11 bits per heavy atom. The van der Waals surface area contributed by atoms with Crippen LogP contribution in [0.1, 0.15) is 27.7 Å². The number of azo groups is 2. The summed E-state index contributed by atoms with van der Waals surface area (Å²) in [6.07, 6.45) is 3.27. The first kappa shape index (κ1) is 31.8. The van der Waals surface area contributed by atoms with Gasteiger partial charge in [0.1, 0.15) is 22.9 Å². The van der Waals surface area contributed by atoms with Crippen molar-refractivity contribution in [3.8, 4) is 21.3 Å². The molecule has 0 fully saturated rings. The van der Waals surface area contributed by atoms with Gasteiger partial charge in [-0.1, -0.05) is 35.8 Å². The van der Waals surface area contributed by atoms with Crippen LogP contribution in [0.3, 0.4) is 0 Å². The van der Waals surface area contributed by atoms with E-state index in [-0.39, 0.29) is 34.7 Å². The normalized spacial score (nSPS) is 11.3. The molecule has 14 heteroatoms. The first-order valence-electron chi connectivity index (χ1n) is 13.4. The predicted octanol–water partition coefficient (Wildman–Crippen LogP) is 8.37. The van der Waals surface area contributed by atoms with Crippen molar-refractivity contribution in [3.05, 3.63) is 73.1 Å². The number of benzene rings is 2. The molecule has 2 aromatic carbocycles. The number of hydrogen-bond donors (Lipinski definition) is 2. The van der Waals surface area contributed by atoms with Crippen molar-refractivity contribution in [2.24, 2.45) is 20.5 Å². The monoisotopic (exact) mass is 630 g/mol. The lowest BCUT2D eigenvalue weighted by Crippen LogP contribution is -2.30. The Morgan fingerprint density at radius 3 is 1.43 bits per heavy atom. The third kappa shape index (κ3) is 7.27. The van der Waals surface area contributed by atoms with Crippen molar-refractivity contribution in [3.63, 3.8) is 0 Å². The van der Waals surface area contributed by atoms with Gasteiger partial charge in [0.05, 0.1) is 9.75 Å². The Balaban J connectivity index is 1.44. The number of amides is 2. The number of anilines is 2. The zero-order valence-electron chi connectivity index (χ0n) is 24.6. The molecule has 0 atom stereocenters. The molecule has 2 N–H and O–H groups in total. The van der Waals surface area contributed by atoms with Gasteiger partial charge in [0, 0.05) is 60.1 Å². The molecule has 0 saturated carbocycles. The van der Waals surface area contributed by atoms with Crippen LogP contribution in [0.25, 0.3) is 9.75 Å². The van der Waals surface area contributed by atoms with E-state index >= 15 is 0 Å². The summed E-state index contributed by atoms with van der Waals surface area (Å²) in [7, 11) is 0. The van der Waals surface area contributed by atoms with Gasteiger partial charge in [-0.05, 0) is 52.0 Å². The molecule has 0 radical (unpaired) electrons. The van der Waals surface area contributed by atoms with Gasteiger partial charge in [-0.25, -0.2) is 9.97 Å². The predicted molar refractivity (Wildman–Crippen MR) is 173 cm³/mol. The lowest BCUT2D eigenvalue weighted by molar-refractivity contribution is -0.115. The molecule has 0 aliphatic heterocycles. The van der Waals surface area contributed by atoms with Gasteiger partial charge in [0.15, 0.2) is 0 Å². The van der Waals surface area contributed by atoms with Gasteiger partial charge < -0.3 is 20.0 Å². The molecule has 44 heavy (non-hydrogen) atoms. The molecule has 2 heterocycles. The zero-order valence-corrected chi connectivity index (χ0v) is 26.2. The van der Waals surface area contributed by atoms with Gasteiger partial charge in [-0.2, -0.15) is 0 Å². The fraction of sp³-hybridized carbons (Fsp3) is 0.200. The maximum Gasteiger partial charge on any atom is 0.253 e. The number of nitrogens with zero attached hydrogens (tertiary/aromatic N) is 8. The van der Waals surface area contributed by atoms with Crippen LogP contribution in [0.2, 0.25) is 0 Å². The number of thiazole rings is 2. The van der Waals surface area contributed by atoms with E-state index in [4.69, 9.17) is 0 Å². The summed E-state index contributed by atoms with van der Waals surface area (Å²) >= 11 is 2.55. The molecular formula is C30H30N8O4S2. The molecule has 0 unspecified atom stereocenters. The highest BCUT2D eigenvalue weighted by molar-refractivity contribution is 7.25. The molecule has 4 aromatic rings. The molecule has 226 valence electrons. The van der Waals surface area contributed by atoms with Gasteiger partial charge in [0.2, 0.25) is 10.3 Å². The Bertz CT molecular complexity index is 1660. The number of carbonyl (C=O) groups is 2. The van der Waals surface area contributed by atoms with E-state index < -0.39 is 0 Å². The average Bonchev–Trinajstić information content (AvgIpc) is 3.67. The average molecular weight is 631 g/mol. The Labute approximate surface area is 262 Å². The highest BCUT2D eigenvalue weighted by atomic mass is 32.1. The minimum atomic E-state index is -0.228. The fourth-order valence-corrected chi connectivity index (χ4v) is 5.45. The van der Waals surface area contributed by atoms with E-state index in [0.717, 1.165) is 9.75 Å². The van der Waals surface area contributed by atoms with Crippen molar-refractivity contribution >= 4 is 67.5 Å². The van der Waals surface area contributed by atoms with Crippen LogP contribution < -0.4 is 9.80 Å². The van der Waals surface area contributed by atoms with Crippen LogP contribution >= 0.6 is 22.7 Å². The summed E-state index contributed by atoms with van der Waals surface area (Å²) in [5.41, 5.74) is 2.30. The second-order valence-corrected chi connectivity index (χ2v) is 11.4. The summed E-state index contributed by atoms with van der Waals surface area (Å²) in [6, 6.07) is 9.42. The first-order chi connectivity index (χ1) is 21.0. The van der Waals surface area contributed by atoms with E-state index in [0.29, 0.717) is 45.9 Å². The highest BCUT2D eigenvalue weighted by Crippen LogP contribution is 2.39. The Morgan fingerprint density at radius 1 is 0.727 bits per heavy atom. The first-order valence-corrected chi connectivity index (χ1v) is 15.0. The molecule has 0 saturated heterocycles. The van der Waals surface area contributed by atoms with Crippen LogP contribution in [0.15, 0.2) is 93.6 Å². The molecular weight excluding hydrogens is 601 g/mol. The maximum absolute atomic E-state index is 12.4. The number of aromatic nitrogens is 2. The molecule has 2 aromatic heterocycles. The van der Waals surface area contributed by atoms with Crippen LogP contribution in [-0.4, -0.2) is 45.1 Å². The Kier molecular flexibility index (Phi) is 10.1. The minimum Gasteiger partial charge on any atom is -0.506 e. The van der Waals surface area contributed by atoms with Crippen molar-refractivity contribution < 1.29 is 19.8 Å². The summed E-state index contributed by atoms with van der Waals surface area (Å²) in [6.45, 7) is 15.2. The summed E-state index contributed by atoms with van der Waals surface area (Å²) in [5.74, 6) is -0.712. The Hall–Kier alpha value is -5.08. The van der Waals surface area contributed by atoms with E-state index in [9.17, 15) is 19.8 Å². The fourth-order valence-electron chi connectivity index (χ4n) is 3.92. The lowest BCUT2D eigenvalue weighted by atomic mass is 10.2. The molecule has 0 aliphatic carbocycles. The van der Waals surface area contributed by atoms with Crippen molar-refractivity contribution in [1.29, 1.82) is 0 Å². The zero-order chi connectivity index (χ0) is 32.0. The number of hydrogen-bond acceptors (Lipinski definition) is 12. The van der Waals surface area contributed by atoms with Gasteiger partial charge in [0.25, 0.3) is 11.8 Å². The summed E-state index contributed by atoms with van der Waals surface area (Å²) in [5, 5.41) is 38.2. The SMILES string of the molecule is C=C(C)C(=O)N(CC)c1ccc(/N=N/c2ncc(-c3cnc(/N=N/c4ccc(N(CC)C(=O)C(=C)C)cc4O)s3)s2)c(O)c1. The summed E-state index contributed by atoms with van der Waals surface area (Å²) < 4.78 is 0. The number of likely N-dealkylation sites (N-methyl/N-ethyl adjacent to an activating group) is 2. The smallest absolute Gasteiger partial charge is 0.253 e. The molecule has 4 rings (SSSR count). The third-order valence-corrected chi connectivity index (χ3v) is 8.07. The maximum atomic E-state index is 12.4. The standard InChI is InChI=1S/C30H30N8O4S2/c1-7-37(27(41)17(3)4)19-9-11-21(23(39)13-19)33-35-29-31-15-25(43-29)26-16-32-30(44-26)36-34-22-12-10-20(14-24(22)40)38(8-2)28(42)18(5)6/h9-16,39-40H,3,5,7-8H2,1-2,4,6H3/b35-33+,36-34+. The topological polar surface area (TPSA) is 156 Å². The number of carbonyl (C=O) groups excluding carboxylic acids is 2. The largest absolute Gasteiger partial charge is 0.506 e. The minimum absolute atomic E-state index is 0.128. The quantitative estimate of drug-likeness (QED) is 0.125. The van der Waals surface area contributed by atoms with Crippen molar-refractivity contribution in [2.75, 3.05) is 22.9 Å². The molecule has 2 amide bonds. The molecule has 12 nitrogen and oxygen atoms in total. The second-order valence-electron chi connectivity index (χ2n) is 9.42. The summed E-state index contributed by atoms with van der Waals surface area (Å²) in [4.78, 5) is 37.8. The molecule has 0 spiro atoms. The van der Waals surface area contributed by atoms with E-state index in [1.165, 1.54) is 44.6 Å². The number of aromatic hydroxyl groups is 2. The van der Waals surface area contributed by atoms with Crippen LogP contribution in [0.5, 0.6) is 11.5 Å². The highest BCUT2D eigenvalue weighted by Gasteiger charge is 2.17. The van der Waals surface area contributed by atoms with Gasteiger partial charge in [-0.3, -0.25) is 9.59 Å². The van der Waals surface area contributed by atoms with E-state index in [2.05, 4.69) is 43.6 Å². The van der Waals surface area contributed by atoms with Gasteiger partial charge >= 0.3 is 0 Å². The van der Waals surface area contributed by atoms with Crippen molar-refractivity contribution in [1.82, 2.24) is 9.97 Å². The third-order valence-electron chi connectivity index (χ3n) is 6.11. The van der Waals surface area contributed by atoms with Crippen LogP contribution in [0, 0.1) is 0 Å². The lowest BCUT2D eigenvalue weighted by Gasteiger charge is -2.21. The van der Waals surface area contributed by atoms with E-state index in [1.54, 1.807) is 50.5 Å². The van der Waals surface area contributed by atoms with E-state index in [1.807, 2.05) is 13.8 Å². The number of phenols is 2. The number of rotatable bonds is 11. The molecule has 0 aliphatic rings.